The average molecular weight is 558 g/mol. The van der Waals surface area contributed by atoms with Crippen LogP contribution in [0.1, 0.15) is 36.9 Å². The van der Waals surface area contributed by atoms with Gasteiger partial charge in [-0.05, 0) is 61.4 Å². The van der Waals surface area contributed by atoms with Crippen LogP contribution < -0.4 is 10.9 Å². The summed E-state index contributed by atoms with van der Waals surface area (Å²) >= 11 is 0. The van der Waals surface area contributed by atoms with Crippen LogP contribution in [-0.2, 0) is 11.2 Å². The number of hydrogen-bond acceptors (Lipinski definition) is 7. The molecule has 1 saturated heterocycles. The first-order valence-corrected chi connectivity index (χ1v) is 14.4. The third-order valence-corrected chi connectivity index (χ3v) is 7.86. The molecular formula is C33H31N7O2. The van der Waals surface area contributed by atoms with Gasteiger partial charge < -0.3 is 10.1 Å². The van der Waals surface area contributed by atoms with Gasteiger partial charge in [0.2, 0.25) is 0 Å². The van der Waals surface area contributed by atoms with E-state index in [1.54, 1.807) is 12.7 Å². The Morgan fingerprint density at radius 3 is 2.69 bits per heavy atom. The molecule has 210 valence electrons. The summed E-state index contributed by atoms with van der Waals surface area (Å²) in [6.07, 6.45) is 8.87. The van der Waals surface area contributed by atoms with Crippen molar-refractivity contribution in [2.24, 2.45) is 0 Å². The molecule has 1 atom stereocenters. The Labute approximate surface area is 242 Å². The molecule has 1 aliphatic rings. The van der Waals surface area contributed by atoms with E-state index >= 15 is 0 Å². The summed E-state index contributed by atoms with van der Waals surface area (Å²) in [5, 5.41) is 5.03. The predicted octanol–water partition coefficient (Wildman–Crippen LogP) is 5.85. The minimum absolute atomic E-state index is 0.0509. The highest BCUT2D eigenvalue weighted by Gasteiger charge is 2.20. The van der Waals surface area contributed by atoms with Gasteiger partial charge in [0.05, 0.1) is 11.7 Å². The van der Waals surface area contributed by atoms with Crippen LogP contribution >= 0.6 is 0 Å². The summed E-state index contributed by atoms with van der Waals surface area (Å²) in [5.41, 5.74) is 5.87. The molecule has 1 N–H and O–H groups in total. The fourth-order valence-corrected chi connectivity index (χ4v) is 5.77. The Hall–Kier alpha value is -4.89. The fourth-order valence-electron chi connectivity index (χ4n) is 5.77. The maximum Gasteiger partial charge on any atom is 0.263 e. The highest BCUT2D eigenvalue weighted by atomic mass is 16.5. The van der Waals surface area contributed by atoms with Gasteiger partial charge in [-0.25, -0.2) is 15.0 Å². The molecule has 1 aliphatic heterocycles. The second-order valence-corrected chi connectivity index (χ2v) is 10.6. The van der Waals surface area contributed by atoms with Crippen LogP contribution in [0.5, 0.6) is 0 Å². The van der Waals surface area contributed by atoms with Crippen molar-refractivity contribution in [1.82, 2.24) is 29.1 Å². The standard InChI is InChI=1S/C33H31N7O2/c1-22-13-14-24(19-35-22)27-11-7-8-23-18-26(40(33(41)29(23)27)25-9-3-2-4-10-25)15-16-34-31-30-32(37-20-36-31)39(21-38-30)28-12-5-6-17-42-28/h2-4,7-11,13-14,18-21,28H,5-6,12,15-17H2,1H3,(H,34,36,37)/t28-/m0/s1. The quantitative estimate of drug-likeness (QED) is 0.263. The summed E-state index contributed by atoms with van der Waals surface area (Å²) in [6, 6.07) is 21.9. The molecule has 0 amide bonds. The van der Waals surface area contributed by atoms with E-state index in [4.69, 9.17) is 4.74 Å². The normalized spacial score (nSPS) is 15.3. The van der Waals surface area contributed by atoms with E-state index in [-0.39, 0.29) is 11.8 Å². The zero-order valence-corrected chi connectivity index (χ0v) is 23.4. The van der Waals surface area contributed by atoms with Gasteiger partial charge in [-0.3, -0.25) is 18.9 Å². The van der Waals surface area contributed by atoms with Crippen LogP contribution in [0.2, 0.25) is 0 Å². The molecule has 1 fully saturated rings. The lowest BCUT2D eigenvalue weighted by atomic mass is 9.99. The molecule has 7 rings (SSSR count). The van der Waals surface area contributed by atoms with Crippen LogP contribution in [-0.4, -0.2) is 42.2 Å². The number of pyridine rings is 2. The number of hydrogen-bond donors (Lipinski definition) is 1. The van der Waals surface area contributed by atoms with Crippen molar-refractivity contribution in [2.45, 2.75) is 38.8 Å². The number of para-hydroxylation sites is 1. The lowest BCUT2D eigenvalue weighted by molar-refractivity contribution is -0.0298. The number of benzene rings is 2. The lowest BCUT2D eigenvalue weighted by Gasteiger charge is -2.23. The van der Waals surface area contributed by atoms with Gasteiger partial charge in [-0.2, -0.15) is 0 Å². The molecule has 9 heteroatoms. The number of aryl methyl sites for hydroxylation is 1. The van der Waals surface area contributed by atoms with Crippen molar-refractivity contribution < 1.29 is 4.74 Å². The van der Waals surface area contributed by atoms with Gasteiger partial charge in [0, 0.05) is 48.4 Å². The SMILES string of the molecule is Cc1ccc(-c2cccc3cc(CCNc4ncnc5c4ncn5[C@@H]4CCCCO4)n(-c4ccccc4)c(=O)c23)cn1. The van der Waals surface area contributed by atoms with E-state index in [1.807, 2.05) is 82.9 Å². The molecule has 0 aliphatic carbocycles. The summed E-state index contributed by atoms with van der Waals surface area (Å²) in [6.45, 7) is 3.26. The maximum atomic E-state index is 14.2. The fraction of sp³-hybridized carbons (Fsp3) is 0.242. The molecule has 0 unspecified atom stereocenters. The Kier molecular flexibility index (Phi) is 6.93. The Morgan fingerprint density at radius 2 is 1.88 bits per heavy atom. The third kappa shape index (κ3) is 4.81. The number of fused-ring (bicyclic) bond motifs is 2. The summed E-state index contributed by atoms with van der Waals surface area (Å²) in [5.74, 6) is 0.665. The average Bonchev–Trinajstić information content (AvgIpc) is 3.47. The van der Waals surface area contributed by atoms with Crippen molar-refractivity contribution in [3.63, 3.8) is 0 Å². The van der Waals surface area contributed by atoms with Crippen molar-refractivity contribution in [2.75, 3.05) is 18.5 Å². The Balaban J connectivity index is 1.24. The topological polar surface area (TPSA) is 99.7 Å². The first-order chi connectivity index (χ1) is 20.7. The smallest absolute Gasteiger partial charge is 0.263 e. The number of ether oxygens (including phenoxy) is 1. The van der Waals surface area contributed by atoms with Crippen molar-refractivity contribution >= 4 is 27.8 Å². The van der Waals surface area contributed by atoms with E-state index in [0.29, 0.717) is 29.7 Å². The number of nitrogens with one attached hydrogen (secondary N) is 1. The molecular weight excluding hydrogens is 526 g/mol. The van der Waals surface area contributed by atoms with Crippen molar-refractivity contribution in [3.8, 4) is 16.8 Å². The lowest BCUT2D eigenvalue weighted by Crippen LogP contribution is -2.24. The van der Waals surface area contributed by atoms with Crippen LogP contribution in [0.3, 0.4) is 0 Å². The van der Waals surface area contributed by atoms with Gasteiger partial charge in [0.25, 0.3) is 5.56 Å². The number of anilines is 1. The summed E-state index contributed by atoms with van der Waals surface area (Å²) in [7, 11) is 0. The number of imidazole rings is 1. The second kappa shape index (κ2) is 11.2. The molecule has 5 heterocycles. The highest BCUT2D eigenvalue weighted by molar-refractivity contribution is 5.96. The molecule has 0 bridgehead atoms. The van der Waals surface area contributed by atoms with Crippen LogP contribution in [0.25, 0.3) is 38.8 Å². The van der Waals surface area contributed by atoms with E-state index in [0.717, 1.165) is 65.1 Å². The maximum absolute atomic E-state index is 14.2. The zero-order chi connectivity index (χ0) is 28.5. The number of aromatic nitrogens is 6. The minimum atomic E-state index is -0.0551. The van der Waals surface area contributed by atoms with Crippen LogP contribution in [0, 0.1) is 6.92 Å². The molecule has 9 nitrogen and oxygen atoms in total. The van der Waals surface area contributed by atoms with Crippen molar-refractivity contribution in [1.29, 1.82) is 0 Å². The predicted molar refractivity (Wildman–Crippen MR) is 164 cm³/mol. The molecule has 6 aromatic rings. The van der Waals surface area contributed by atoms with Gasteiger partial charge in [0.1, 0.15) is 12.6 Å². The number of nitrogens with zero attached hydrogens (tertiary/aromatic N) is 6. The zero-order valence-electron chi connectivity index (χ0n) is 23.4. The molecule has 4 aromatic heterocycles. The van der Waals surface area contributed by atoms with Gasteiger partial charge in [0.15, 0.2) is 17.0 Å². The molecule has 42 heavy (non-hydrogen) atoms. The molecule has 0 spiro atoms. The van der Waals surface area contributed by atoms with Crippen LogP contribution in [0.4, 0.5) is 5.82 Å². The summed E-state index contributed by atoms with van der Waals surface area (Å²) in [4.78, 5) is 32.3. The van der Waals surface area contributed by atoms with Gasteiger partial charge in [-0.1, -0.05) is 42.5 Å². The van der Waals surface area contributed by atoms with Crippen LogP contribution in [0.15, 0.2) is 90.4 Å². The Morgan fingerprint density at radius 1 is 0.976 bits per heavy atom. The Bertz CT molecular complexity index is 1920. The molecule has 0 saturated carbocycles. The molecule has 2 aromatic carbocycles. The summed E-state index contributed by atoms with van der Waals surface area (Å²) < 4.78 is 9.78. The van der Waals surface area contributed by atoms with Gasteiger partial charge >= 0.3 is 0 Å². The first-order valence-electron chi connectivity index (χ1n) is 14.4. The third-order valence-electron chi connectivity index (χ3n) is 7.86. The monoisotopic (exact) mass is 557 g/mol. The van der Waals surface area contributed by atoms with Gasteiger partial charge in [-0.15, -0.1) is 0 Å². The minimum Gasteiger partial charge on any atom is -0.368 e. The number of rotatable bonds is 7. The highest BCUT2D eigenvalue weighted by Crippen LogP contribution is 2.29. The van der Waals surface area contributed by atoms with Crippen molar-refractivity contribution in [3.05, 3.63) is 107 Å². The molecule has 0 radical (unpaired) electrons. The van der Waals surface area contributed by atoms with E-state index < -0.39 is 0 Å². The second-order valence-electron chi connectivity index (χ2n) is 10.6. The first kappa shape index (κ1) is 26.0. The van der Waals surface area contributed by atoms with E-state index in [9.17, 15) is 4.79 Å². The van der Waals surface area contributed by atoms with E-state index in [1.165, 1.54) is 0 Å². The van der Waals surface area contributed by atoms with E-state index in [2.05, 4.69) is 31.3 Å². The largest absolute Gasteiger partial charge is 0.368 e.